The Balaban J connectivity index is 2.38. The van der Waals surface area contributed by atoms with Gasteiger partial charge >= 0.3 is 0 Å². The molecule has 0 fully saturated rings. The van der Waals surface area contributed by atoms with Crippen LogP contribution in [0.15, 0.2) is 12.1 Å². The first kappa shape index (κ1) is 10.2. The van der Waals surface area contributed by atoms with Gasteiger partial charge < -0.3 is 9.47 Å². The van der Waals surface area contributed by atoms with Gasteiger partial charge in [-0.15, -0.1) is 0 Å². The Labute approximate surface area is 89.0 Å². The van der Waals surface area contributed by atoms with Crippen LogP contribution in [-0.4, -0.2) is 12.6 Å². The van der Waals surface area contributed by atoms with E-state index in [1.54, 1.807) is 6.92 Å². The summed E-state index contributed by atoms with van der Waals surface area (Å²) in [6.07, 6.45) is 0.485. The van der Waals surface area contributed by atoms with Crippen molar-refractivity contribution in [2.75, 3.05) is 6.79 Å². The second-order valence-corrected chi connectivity index (χ2v) is 3.82. The third-order valence-electron chi connectivity index (χ3n) is 2.65. The molecule has 0 atom stereocenters. The van der Waals surface area contributed by atoms with Crippen LogP contribution in [0.2, 0.25) is 0 Å². The Hall–Kier alpha value is -1.35. The van der Waals surface area contributed by atoms with Crippen LogP contribution in [0.1, 0.15) is 23.6 Å². The van der Waals surface area contributed by atoms with Crippen LogP contribution in [0.5, 0.6) is 5.75 Å². The van der Waals surface area contributed by atoms with E-state index in [0.29, 0.717) is 19.8 Å². The SMILES string of the molecule is CC(=O)Cc1ccc2c(c1C)COCO2. The minimum absolute atomic E-state index is 0.177. The van der Waals surface area contributed by atoms with Gasteiger partial charge in [0.05, 0.1) is 6.61 Å². The molecule has 15 heavy (non-hydrogen) atoms. The number of carbonyl (C=O) groups excluding carboxylic acids is 1. The van der Waals surface area contributed by atoms with Gasteiger partial charge in [0.25, 0.3) is 0 Å². The fraction of sp³-hybridized carbons (Fsp3) is 0.417. The van der Waals surface area contributed by atoms with E-state index in [9.17, 15) is 4.79 Å². The van der Waals surface area contributed by atoms with Crippen molar-refractivity contribution in [2.45, 2.75) is 26.9 Å². The average molecular weight is 206 g/mol. The maximum Gasteiger partial charge on any atom is 0.189 e. The van der Waals surface area contributed by atoms with Crippen molar-refractivity contribution in [1.82, 2.24) is 0 Å². The van der Waals surface area contributed by atoms with E-state index in [4.69, 9.17) is 9.47 Å². The average Bonchev–Trinajstić information content (AvgIpc) is 2.22. The highest BCUT2D eigenvalue weighted by Gasteiger charge is 2.15. The van der Waals surface area contributed by atoms with Crippen molar-refractivity contribution in [3.8, 4) is 5.75 Å². The van der Waals surface area contributed by atoms with Gasteiger partial charge in [-0.25, -0.2) is 0 Å². The van der Waals surface area contributed by atoms with Crippen LogP contribution in [-0.2, 0) is 22.6 Å². The number of rotatable bonds is 2. The van der Waals surface area contributed by atoms with Gasteiger partial charge in [0.15, 0.2) is 6.79 Å². The summed E-state index contributed by atoms with van der Waals surface area (Å²) in [6, 6.07) is 3.88. The van der Waals surface area contributed by atoms with Crippen molar-refractivity contribution in [3.63, 3.8) is 0 Å². The number of hydrogen-bond donors (Lipinski definition) is 0. The molecular weight excluding hydrogens is 192 g/mol. The monoisotopic (exact) mass is 206 g/mol. The highest BCUT2D eigenvalue weighted by molar-refractivity contribution is 5.78. The molecule has 0 spiro atoms. The summed E-state index contributed by atoms with van der Waals surface area (Å²) in [5, 5.41) is 0. The van der Waals surface area contributed by atoms with E-state index in [2.05, 4.69) is 0 Å². The summed E-state index contributed by atoms with van der Waals surface area (Å²) in [4.78, 5) is 11.1. The highest BCUT2D eigenvalue weighted by atomic mass is 16.7. The summed E-state index contributed by atoms with van der Waals surface area (Å²) in [5.41, 5.74) is 3.25. The van der Waals surface area contributed by atoms with Crippen molar-refractivity contribution in [2.24, 2.45) is 0 Å². The molecule has 3 nitrogen and oxygen atoms in total. The Bertz CT molecular complexity index is 396. The minimum Gasteiger partial charge on any atom is -0.467 e. The lowest BCUT2D eigenvalue weighted by Gasteiger charge is -2.21. The molecule has 1 aliphatic rings. The zero-order chi connectivity index (χ0) is 10.8. The number of benzene rings is 1. The summed E-state index contributed by atoms with van der Waals surface area (Å²) >= 11 is 0. The van der Waals surface area contributed by atoms with Crippen molar-refractivity contribution < 1.29 is 14.3 Å². The summed E-state index contributed by atoms with van der Waals surface area (Å²) < 4.78 is 10.6. The van der Waals surface area contributed by atoms with E-state index in [0.717, 1.165) is 22.4 Å². The van der Waals surface area contributed by atoms with Crippen LogP contribution in [0.3, 0.4) is 0 Å². The Morgan fingerprint density at radius 2 is 2.27 bits per heavy atom. The maximum atomic E-state index is 11.1. The minimum atomic E-state index is 0.177. The summed E-state index contributed by atoms with van der Waals surface area (Å²) in [5.74, 6) is 1.06. The first-order valence-electron chi connectivity index (χ1n) is 5.00. The summed E-state index contributed by atoms with van der Waals surface area (Å²) in [6.45, 7) is 4.51. The molecule has 1 heterocycles. The molecule has 0 N–H and O–H groups in total. The van der Waals surface area contributed by atoms with Gasteiger partial charge in [-0.2, -0.15) is 0 Å². The molecule has 3 heteroatoms. The first-order chi connectivity index (χ1) is 7.18. The highest BCUT2D eigenvalue weighted by Crippen LogP contribution is 2.29. The number of hydrogen-bond acceptors (Lipinski definition) is 3. The number of fused-ring (bicyclic) bond motifs is 1. The zero-order valence-electron chi connectivity index (χ0n) is 9.00. The van der Waals surface area contributed by atoms with Crippen LogP contribution in [0.25, 0.3) is 0 Å². The quantitative estimate of drug-likeness (QED) is 0.742. The van der Waals surface area contributed by atoms with Crippen LogP contribution in [0.4, 0.5) is 0 Å². The molecule has 1 aromatic rings. The Kier molecular flexibility index (Phi) is 2.73. The van der Waals surface area contributed by atoms with Crippen LogP contribution >= 0.6 is 0 Å². The molecule has 0 aliphatic carbocycles. The lowest BCUT2D eigenvalue weighted by atomic mass is 9.98. The molecule has 80 valence electrons. The normalized spacial score (nSPS) is 14.3. The number of ether oxygens (including phenoxy) is 2. The molecular formula is C12H14O3. The largest absolute Gasteiger partial charge is 0.467 e. The second-order valence-electron chi connectivity index (χ2n) is 3.82. The Morgan fingerprint density at radius 3 is 3.00 bits per heavy atom. The van der Waals surface area contributed by atoms with E-state index < -0.39 is 0 Å². The molecule has 0 saturated heterocycles. The lowest BCUT2D eigenvalue weighted by Crippen LogP contribution is -2.14. The van der Waals surface area contributed by atoms with E-state index in [1.807, 2.05) is 19.1 Å². The number of Topliss-reactive ketones (excluding diaryl/α,β-unsaturated/α-hetero) is 1. The van der Waals surface area contributed by atoms with Gasteiger partial charge in [0, 0.05) is 12.0 Å². The first-order valence-corrected chi connectivity index (χ1v) is 5.00. The molecule has 0 unspecified atom stereocenters. The van der Waals surface area contributed by atoms with Crippen molar-refractivity contribution >= 4 is 5.78 Å². The van der Waals surface area contributed by atoms with Gasteiger partial charge in [-0.1, -0.05) is 6.07 Å². The molecule has 1 aromatic carbocycles. The van der Waals surface area contributed by atoms with Gasteiger partial charge in [0.2, 0.25) is 0 Å². The van der Waals surface area contributed by atoms with Gasteiger partial charge in [-0.05, 0) is 31.0 Å². The Morgan fingerprint density at radius 1 is 1.47 bits per heavy atom. The lowest BCUT2D eigenvalue weighted by molar-refractivity contribution is -0.116. The van der Waals surface area contributed by atoms with E-state index in [-0.39, 0.29) is 5.78 Å². The molecule has 0 radical (unpaired) electrons. The topological polar surface area (TPSA) is 35.5 Å². The fourth-order valence-electron chi connectivity index (χ4n) is 1.80. The predicted octanol–water partition coefficient (Wildman–Crippen LogP) is 1.99. The van der Waals surface area contributed by atoms with Crippen LogP contribution < -0.4 is 4.74 Å². The molecule has 2 rings (SSSR count). The maximum absolute atomic E-state index is 11.1. The number of carbonyl (C=O) groups is 1. The molecule has 0 aromatic heterocycles. The van der Waals surface area contributed by atoms with Gasteiger partial charge in [-0.3, -0.25) is 4.79 Å². The molecule has 0 bridgehead atoms. The third-order valence-corrected chi connectivity index (χ3v) is 2.65. The second kappa shape index (κ2) is 4.03. The van der Waals surface area contributed by atoms with E-state index in [1.165, 1.54) is 0 Å². The van der Waals surface area contributed by atoms with Crippen molar-refractivity contribution in [1.29, 1.82) is 0 Å². The van der Waals surface area contributed by atoms with E-state index >= 15 is 0 Å². The number of ketones is 1. The predicted molar refractivity (Wildman–Crippen MR) is 55.8 cm³/mol. The smallest absolute Gasteiger partial charge is 0.189 e. The molecule has 0 amide bonds. The zero-order valence-corrected chi connectivity index (χ0v) is 9.00. The standard InChI is InChI=1S/C12H14O3/c1-8(13)5-10-3-4-12-11(9(10)2)6-14-7-15-12/h3-4H,5-7H2,1-2H3. The summed E-state index contributed by atoms with van der Waals surface area (Å²) in [7, 11) is 0. The molecule has 0 saturated carbocycles. The van der Waals surface area contributed by atoms with Crippen molar-refractivity contribution in [3.05, 3.63) is 28.8 Å². The fourth-order valence-corrected chi connectivity index (χ4v) is 1.80. The molecule has 1 aliphatic heterocycles. The van der Waals surface area contributed by atoms with Crippen LogP contribution in [0, 0.1) is 6.92 Å². The third kappa shape index (κ3) is 2.02. The van der Waals surface area contributed by atoms with Gasteiger partial charge in [0.1, 0.15) is 11.5 Å².